The molecule has 0 aliphatic carbocycles. The van der Waals surface area contributed by atoms with Gasteiger partial charge in [0.1, 0.15) is 11.7 Å². The second kappa shape index (κ2) is 7.28. The molecule has 0 radical (unpaired) electrons. The number of rotatable bonds is 6. The quantitative estimate of drug-likeness (QED) is 0.756. The average molecular weight is 336 g/mol. The molecular weight excluding hydrogens is 318 g/mol. The lowest BCUT2D eigenvalue weighted by atomic mass is 10.0. The van der Waals surface area contributed by atoms with E-state index in [0.29, 0.717) is 22.7 Å². The second-order valence-electron chi connectivity index (χ2n) is 5.64. The number of H-pyrrole nitrogens is 1. The molecule has 0 unspecified atom stereocenters. The largest absolute Gasteiger partial charge is 0.480 e. The van der Waals surface area contributed by atoms with Gasteiger partial charge in [0, 0.05) is 5.56 Å². The fourth-order valence-electron chi connectivity index (χ4n) is 2.17. The maximum absolute atomic E-state index is 12.2. The lowest BCUT2D eigenvalue weighted by Crippen LogP contribution is -2.41. The molecule has 0 saturated heterocycles. The maximum Gasteiger partial charge on any atom is 0.326 e. The summed E-state index contributed by atoms with van der Waals surface area (Å²) in [5.41, 5.74) is 1.41. The van der Waals surface area contributed by atoms with Gasteiger partial charge < -0.3 is 10.4 Å². The predicted molar refractivity (Wildman–Crippen MR) is 87.4 cm³/mol. The summed E-state index contributed by atoms with van der Waals surface area (Å²) < 4.78 is 0. The van der Waals surface area contributed by atoms with Gasteiger partial charge in [0.05, 0.1) is 10.7 Å². The number of carboxylic acids is 1. The molecule has 0 aliphatic heterocycles. The highest BCUT2D eigenvalue weighted by Gasteiger charge is 2.23. The van der Waals surface area contributed by atoms with Crippen LogP contribution in [0.15, 0.2) is 30.3 Å². The molecule has 7 heteroatoms. The van der Waals surface area contributed by atoms with E-state index >= 15 is 0 Å². The van der Waals surface area contributed by atoms with Crippen molar-refractivity contribution in [1.29, 1.82) is 0 Å². The summed E-state index contributed by atoms with van der Waals surface area (Å²) in [6, 6.07) is 7.75. The Balaban J connectivity index is 2.15. The van der Waals surface area contributed by atoms with E-state index in [2.05, 4.69) is 15.5 Å². The Morgan fingerprint density at radius 2 is 2.04 bits per heavy atom. The fourth-order valence-corrected chi connectivity index (χ4v) is 2.41. The van der Waals surface area contributed by atoms with Crippen LogP contribution in [0.4, 0.5) is 0 Å². The van der Waals surface area contributed by atoms with Crippen LogP contribution in [0.25, 0.3) is 11.3 Å². The van der Waals surface area contributed by atoms with Gasteiger partial charge in [0.15, 0.2) is 0 Å². The third-order valence-electron chi connectivity index (χ3n) is 3.28. The van der Waals surface area contributed by atoms with Crippen molar-refractivity contribution in [1.82, 2.24) is 15.5 Å². The lowest BCUT2D eigenvalue weighted by Gasteiger charge is -2.15. The third kappa shape index (κ3) is 4.32. The molecule has 122 valence electrons. The molecule has 1 heterocycles. The first-order valence-corrected chi connectivity index (χ1v) is 7.60. The van der Waals surface area contributed by atoms with Gasteiger partial charge in [-0.05, 0) is 24.5 Å². The summed E-state index contributed by atoms with van der Waals surface area (Å²) in [5, 5.41) is 18.9. The standard InChI is InChI=1S/C16H18ClN3O3/c1-9(2)7-14(16(22)23)18-15(21)13-8-12(19-20-13)10-5-3-4-6-11(10)17/h3-6,8-9,14H,7H2,1-2H3,(H,18,21)(H,19,20)(H,22,23)/t14-/m0/s1. The normalized spacial score (nSPS) is 12.2. The van der Waals surface area contributed by atoms with Crippen molar-refractivity contribution in [3.8, 4) is 11.3 Å². The number of amides is 1. The molecule has 6 nitrogen and oxygen atoms in total. The summed E-state index contributed by atoms with van der Waals surface area (Å²) in [6.45, 7) is 3.79. The number of nitrogens with one attached hydrogen (secondary N) is 2. The van der Waals surface area contributed by atoms with Crippen LogP contribution in [0.2, 0.25) is 5.02 Å². The molecule has 1 amide bonds. The van der Waals surface area contributed by atoms with E-state index in [1.165, 1.54) is 0 Å². The summed E-state index contributed by atoms with van der Waals surface area (Å²) in [7, 11) is 0. The first-order valence-electron chi connectivity index (χ1n) is 7.22. The van der Waals surface area contributed by atoms with E-state index in [1.807, 2.05) is 19.9 Å². The van der Waals surface area contributed by atoms with Crippen LogP contribution in [0, 0.1) is 5.92 Å². The van der Waals surface area contributed by atoms with Gasteiger partial charge >= 0.3 is 5.97 Å². The van der Waals surface area contributed by atoms with Gasteiger partial charge in [-0.3, -0.25) is 9.89 Å². The first-order chi connectivity index (χ1) is 10.9. The third-order valence-corrected chi connectivity index (χ3v) is 3.61. The number of carbonyl (C=O) groups is 2. The summed E-state index contributed by atoms with van der Waals surface area (Å²) in [6.07, 6.45) is 0.354. The van der Waals surface area contributed by atoms with Crippen LogP contribution in [0.3, 0.4) is 0 Å². The SMILES string of the molecule is CC(C)C[C@H](NC(=O)c1cc(-c2ccccc2Cl)n[nH]1)C(=O)O. The Kier molecular flexibility index (Phi) is 5.39. The van der Waals surface area contributed by atoms with Crippen LogP contribution in [0.1, 0.15) is 30.8 Å². The minimum absolute atomic E-state index is 0.150. The number of hydrogen-bond donors (Lipinski definition) is 3. The summed E-state index contributed by atoms with van der Waals surface area (Å²) in [5.74, 6) is -1.42. The minimum atomic E-state index is -1.06. The zero-order valence-electron chi connectivity index (χ0n) is 12.8. The molecule has 23 heavy (non-hydrogen) atoms. The molecule has 0 aliphatic rings. The van der Waals surface area contributed by atoms with E-state index in [4.69, 9.17) is 11.6 Å². The van der Waals surface area contributed by atoms with Crippen LogP contribution >= 0.6 is 11.6 Å². The molecule has 1 aromatic carbocycles. The molecule has 1 aromatic heterocycles. The highest BCUT2D eigenvalue weighted by Crippen LogP contribution is 2.26. The van der Waals surface area contributed by atoms with Crippen molar-refractivity contribution in [3.63, 3.8) is 0 Å². The highest BCUT2D eigenvalue weighted by molar-refractivity contribution is 6.33. The van der Waals surface area contributed by atoms with Crippen molar-refractivity contribution < 1.29 is 14.7 Å². The number of benzene rings is 1. The Bertz CT molecular complexity index is 712. The fraction of sp³-hybridized carbons (Fsp3) is 0.312. The molecule has 1 atom stereocenters. The number of carbonyl (C=O) groups excluding carboxylic acids is 1. The number of nitrogens with zero attached hydrogens (tertiary/aromatic N) is 1. The van der Waals surface area contributed by atoms with Crippen molar-refractivity contribution >= 4 is 23.5 Å². The van der Waals surface area contributed by atoms with Crippen molar-refractivity contribution in [2.75, 3.05) is 0 Å². The van der Waals surface area contributed by atoms with E-state index in [9.17, 15) is 14.7 Å². The Morgan fingerprint density at radius 3 is 2.65 bits per heavy atom. The Labute approximate surface area is 138 Å². The summed E-state index contributed by atoms with van der Waals surface area (Å²) >= 11 is 6.10. The molecular formula is C16H18ClN3O3. The van der Waals surface area contributed by atoms with Crippen LogP contribution < -0.4 is 5.32 Å². The average Bonchev–Trinajstić information content (AvgIpc) is 2.96. The second-order valence-corrected chi connectivity index (χ2v) is 6.05. The van der Waals surface area contributed by atoms with Gasteiger partial charge in [-0.1, -0.05) is 43.6 Å². The van der Waals surface area contributed by atoms with Crippen LogP contribution in [0.5, 0.6) is 0 Å². The monoisotopic (exact) mass is 335 g/mol. The van der Waals surface area contributed by atoms with E-state index in [-0.39, 0.29) is 11.6 Å². The van der Waals surface area contributed by atoms with E-state index in [0.717, 1.165) is 0 Å². The molecule has 3 N–H and O–H groups in total. The predicted octanol–water partition coefficient (Wildman–Crippen LogP) is 2.96. The molecule has 0 spiro atoms. The maximum atomic E-state index is 12.2. The zero-order valence-corrected chi connectivity index (χ0v) is 13.6. The molecule has 0 bridgehead atoms. The molecule has 2 aromatic rings. The Morgan fingerprint density at radius 1 is 1.35 bits per heavy atom. The summed E-state index contributed by atoms with van der Waals surface area (Å²) in [4.78, 5) is 23.4. The lowest BCUT2D eigenvalue weighted by molar-refractivity contribution is -0.139. The van der Waals surface area contributed by atoms with Gasteiger partial charge in [0.2, 0.25) is 0 Å². The number of carboxylic acid groups (broad SMARTS) is 1. The molecule has 0 fully saturated rings. The number of hydrogen-bond acceptors (Lipinski definition) is 3. The van der Waals surface area contributed by atoms with Gasteiger partial charge in [0.25, 0.3) is 5.91 Å². The van der Waals surface area contributed by atoms with Crippen molar-refractivity contribution in [2.45, 2.75) is 26.3 Å². The number of halogens is 1. The van der Waals surface area contributed by atoms with Crippen LogP contribution in [-0.4, -0.2) is 33.2 Å². The number of aromatic nitrogens is 2. The Hall–Kier alpha value is -2.34. The van der Waals surface area contributed by atoms with Crippen molar-refractivity contribution in [3.05, 3.63) is 41.0 Å². The van der Waals surface area contributed by atoms with E-state index in [1.54, 1.807) is 24.3 Å². The van der Waals surface area contributed by atoms with Gasteiger partial charge in [-0.2, -0.15) is 5.10 Å². The van der Waals surface area contributed by atoms with Gasteiger partial charge in [-0.25, -0.2) is 4.79 Å². The smallest absolute Gasteiger partial charge is 0.326 e. The molecule has 0 saturated carbocycles. The van der Waals surface area contributed by atoms with E-state index < -0.39 is 17.9 Å². The van der Waals surface area contributed by atoms with Gasteiger partial charge in [-0.15, -0.1) is 0 Å². The first kappa shape index (κ1) is 17.0. The van der Waals surface area contributed by atoms with Crippen molar-refractivity contribution in [2.24, 2.45) is 5.92 Å². The number of aromatic amines is 1. The minimum Gasteiger partial charge on any atom is -0.480 e. The highest BCUT2D eigenvalue weighted by atomic mass is 35.5. The zero-order chi connectivity index (χ0) is 17.0. The topological polar surface area (TPSA) is 95.1 Å². The number of aliphatic carboxylic acids is 1. The van der Waals surface area contributed by atoms with Crippen LogP contribution in [-0.2, 0) is 4.79 Å². The molecule has 2 rings (SSSR count).